The Hall–Kier alpha value is -1.45. The highest BCUT2D eigenvalue weighted by atomic mass is 32.2. The van der Waals surface area contributed by atoms with Crippen molar-refractivity contribution in [1.82, 2.24) is 19.9 Å². The number of piperazine rings is 1. The summed E-state index contributed by atoms with van der Waals surface area (Å²) in [5.74, 6) is 1.16. The summed E-state index contributed by atoms with van der Waals surface area (Å²) in [4.78, 5) is 18.9. The van der Waals surface area contributed by atoms with Gasteiger partial charge in [0.25, 0.3) is 0 Å². The predicted molar refractivity (Wildman–Crippen MR) is 97.4 cm³/mol. The molecular weight excluding hydrogens is 356 g/mol. The summed E-state index contributed by atoms with van der Waals surface area (Å²) in [5.41, 5.74) is 0.937. The zero-order chi connectivity index (χ0) is 18.7. The normalized spacial score (nSPS) is 24.0. The molecule has 2 aliphatic heterocycles. The van der Waals surface area contributed by atoms with Gasteiger partial charge >= 0.3 is 0 Å². The molecule has 2 aliphatic rings. The van der Waals surface area contributed by atoms with E-state index >= 15 is 0 Å². The van der Waals surface area contributed by atoms with Crippen LogP contribution >= 0.6 is 0 Å². The van der Waals surface area contributed by atoms with Gasteiger partial charge in [-0.25, -0.2) is 8.42 Å². The first kappa shape index (κ1) is 19.3. The van der Waals surface area contributed by atoms with Crippen molar-refractivity contribution in [2.75, 3.05) is 50.8 Å². The number of hydrogen-bond acceptors (Lipinski definition) is 7. The number of aromatic nitrogens is 1. The van der Waals surface area contributed by atoms with Gasteiger partial charge in [-0.3, -0.25) is 14.6 Å². The van der Waals surface area contributed by atoms with E-state index in [-0.39, 0.29) is 23.5 Å². The first-order valence-electron chi connectivity index (χ1n) is 9.23. The fraction of sp³-hybridized carbons (Fsp3) is 0.765. The van der Waals surface area contributed by atoms with E-state index in [2.05, 4.69) is 15.0 Å². The molecule has 8 nitrogen and oxygen atoms in total. The van der Waals surface area contributed by atoms with E-state index in [9.17, 15) is 13.2 Å². The smallest absolute Gasteiger partial charge is 0.237 e. The number of hydrogen-bond donors (Lipinski definition) is 0. The molecule has 26 heavy (non-hydrogen) atoms. The molecule has 0 aliphatic carbocycles. The molecule has 146 valence electrons. The minimum Gasteiger partial charge on any atom is -0.361 e. The minimum absolute atomic E-state index is 0.0372. The van der Waals surface area contributed by atoms with Crippen LogP contribution in [0.2, 0.25) is 0 Å². The quantitative estimate of drug-likeness (QED) is 0.689. The highest BCUT2D eigenvalue weighted by molar-refractivity contribution is 7.91. The van der Waals surface area contributed by atoms with E-state index in [0.29, 0.717) is 19.5 Å². The van der Waals surface area contributed by atoms with E-state index in [1.54, 1.807) is 4.90 Å². The summed E-state index contributed by atoms with van der Waals surface area (Å²) >= 11 is 0. The molecule has 1 aromatic heterocycles. The third kappa shape index (κ3) is 4.83. The molecule has 0 radical (unpaired) electrons. The number of aryl methyl sites for hydroxylation is 1. The SMILES string of the molecule is CCN(C(=O)CN1CCN(Cc2cc(C)on2)CC1)C1CCS(=O)(=O)C1. The predicted octanol–water partition coefficient (Wildman–Crippen LogP) is 0.136. The van der Waals surface area contributed by atoms with Crippen molar-refractivity contribution in [2.45, 2.75) is 32.9 Å². The van der Waals surface area contributed by atoms with Crippen LogP contribution in [0.3, 0.4) is 0 Å². The zero-order valence-corrected chi connectivity index (χ0v) is 16.4. The number of carbonyl (C=O) groups excluding carboxylic acids is 1. The first-order chi connectivity index (χ1) is 12.4. The van der Waals surface area contributed by atoms with Crippen molar-refractivity contribution in [1.29, 1.82) is 0 Å². The van der Waals surface area contributed by atoms with Crippen LogP contribution in [0.15, 0.2) is 10.6 Å². The molecule has 1 unspecified atom stereocenters. The van der Waals surface area contributed by atoms with Crippen LogP contribution in [0.1, 0.15) is 24.8 Å². The van der Waals surface area contributed by atoms with Gasteiger partial charge in [0.05, 0.1) is 23.7 Å². The monoisotopic (exact) mass is 384 g/mol. The maximum atomic E-state index is 12.7. The topological polar surface area (TPSA) is 87.0 Å². The number of amides is 1. The number of rotatable bonds is 6. The van der Waals surface area contributed by atoms with Crippen molar-refractivity contribution in [3.8, 4) is 0 Å². The van der Waals surface area contributed by atoms with Crippen molar-refractivity contribution in [3.63, 3.8) is 0 Å². The Bertz CT molecular complexity index is 725. The number of nitrogens with zero attached hydrogens (tertiary/aromatic N) is 4. The zero-order valence-electron chi connectivity index (χ0n) is 15.6. The molecule has 3 heterocycles. The van der Waals surface area contributed by atoms with Crippen LogP contribution in [0.4, 0.5) is 0 Å². The van der Waals surface area contributed by atoms with E-state index in [0.717, 1.165) is 44.2 Å². The van der Waals surface area contributed by atoms with E-state index in [1.165, 1.54) is 0 Å². The standard InChI is InChI=1S/C17H28N4O4S/c1-3-21(16-4-9-26(23,24)13-16)17(22)12-20-7-5-19(6-8-20)11-15-10-14(2)25-18-15/h10,16H,3-9,11-13H2,1-2H3. The van der Waals surface area contributed by atoms with Crippen LogP contribution in [0.5, 0.6) is 0 Å². The molecule has 2 saturated heterocycles. The third-order valence-electron chi connectivity index (χ3n) is 5.20. The first-order valence-corrected chi connectivity index (χ1v) is 11.0. The van der Waals surface area contributed by atoms with Gasteiger partial charge in [0.1, 0.15) is 5.76 Å². The summed E-state index contributed by atoms with van der Waals surface area (Å²) in [6, 6.07) is 1.79. The van der Waals surface area contributed by atoms with Crippen LogP contribution in [0, 0.1) is 6.92 Å². The van der Waals surface area contributed by atoms with Crippen LogP contribution in [-0.2, 0) is 21.2 Å². The summed E-state index contributed by atoms with van der Waals surface area (Å²) in [6.07, 6.45) is 0.562. The lowest BCUT2D eigenvalue weighted by molar-refractivity contribution is -0.134. The van der Waals surface area contributed by atoms with Gasteiger partial charge in [0.15, 0.2) is 9.84 Å². The molecular formula is C17H28N4O4S. The summed E-state index contributed by atoms with van der Waals surface area (Å²) in [5, 5.41) is 4.03. The van der Waals surface area contributed by atoms with Gasteiger partial charge in [0.2, 0.25) is 5.91 Å². The summed E-state index contributed by atoms with van der Waals surface area (Å²) < 4.78 is 28.5. The largest absolute Gasteiger partial charge is 0.361 e. The minimum atomic E-state index is -2.98. The van der Waals surface area contributed by atoms with Crippen LogP contribution < -0.4 is 0 Å². The fourth-order valence-electron chi connectivity index (χ4n) is 3.77. The molecule has 0 N–H and O–H groups in total. The lowest BCUT2D eigenvalue weighted by Gasteiger charge is -2.35. The molecule has 3 rings (SSSR count). The van der Waals surface area contributed by atoms with Crippen LogP contribution in [0.25, 0.3) is 0 Å². The lowest BCUT2D eigenvalue weighted by atomic mass is 10.2. The molecule has 1 amide bonds. The van der Waals surface area contributed by atoms with Gasteiger partial charge in [-0.2, -0.15) is 0 Å². The Morgan fingerprint density at radius 3 is 2.54 bits per heavy atom. The highest BCUT2D eigenvalue weighted by Gasteiger charge is 2.34. The Labute approximate surface area is 155 Å². The second-order valence-electron chi connectivity index (χ2n) is 7.22. The molecule has 2 fully saturated rings. The molecule has 1 atom stereocenters. The summed E-state index contributed by atoms with van der Waals surface area (Å²) in [7, 11) is -2.98. The van der Waals surface area contributed by atoms with Crippen molar-refractivity contribution in [3.05, 3.63) is 17.5 Å². The Balaban J connectivity index is 1.46. The summed E-state index contributed by atoms with van der Waals surface area (Å²) in [6.45, 7) is 8.89. The lowest BCUT2D eigenvalue weighted by Crippen LogP contribution is -2.51. The Morgan fingerprint density at radius 1 is 1.31 bits per heavy atom. The van der Waals surface area contributed by atoms with Gasteiger partial charge in [-0.1, -0.05) is 5.16 Å². The van der Waals surface area contributed by atoms with Crippen molar-refractivity contribution >= 4 is 15.7 Å². The number of sulfone groups is 1. The number of carbonyl (C=O) groups is 1. The molecule has 9 heteroatoms. The third-order valence-corrected chi connectivity index (χ3v) is 6.95. The Kier molecular flexibility index (Phi) is 5.99. The van der Waals surface area contributed by atoms with Crippen molar-refractivity contribution in [2.24, 2.45) is 0 Å². The van der Waals surface area contributed by atoms with Gasteiger partial charge in [-0.05, 0) is 20.3 Å². The second-order valence-corrected chi connectivity index (χ2v) is 9.45. The van der Waals surface area contributed by atoms with Gasteiger partial charge in [0, 0.05) is 51.4 Å². The maximum Gasteiger partial charge on any atom is 0.237 e. The maximum absolute atomic E-state index is 12.7. The van der Waals surface area contributed by atoms with Crippen LogP contribution in [-0.4, -0.2) is 91.0 Å². The average molecular weight is 385 g/mol. The number of likely N-dealkylation sites (N-methyl/N-ethyl adjacent to an activating group) is 1. The molecule has 1 aromatic rings. The second kappa shape index (κ2) is 8.06. The average Bonchev–Trinajstić information content (AvgIpc) is 3.15. The fourth-order valence-corrected chi connectivity index (χ4v) is 5.50. The molecule has 0 aromatic carbocycles. The van der Waals surface area contributed by atoms with E-state index in [4.69, 9.17) is 4.52 Å². The van der Waals surface area contributed by atoms with Gasteiger partial charge in [-0.15, -0.1) is 0 Å². The van der Waals surface area contributed by atoms with E-state index < -0.39 is 9.84 Å². The van der Waals surface area contributed by atoms with E-state index in [1.807, 2.05) is 19.9 Å². The molecule has 0 spiro atoms. The van der Waals surface area contributed by atoms with Crippen molar-refractivity contribution < 1.29 is 17.7 Å². The molecule has 0 bridgehead atoms. The Morgan fingerprint density at radius 2 is 2.00 bits per heavy atom. The van der Waals surface area contributed by atoms with Gasteiger partial charge < -0.3 is 9.42 Å². The molecule has 0 saturated carbocycles. The highest BCUT2D eigenvalue weighted by Crippen LogP contribution is 2.18.